The van der Waals surface area contributed by atoms with E-state index in [0.29, 0.717) is 13.2 Å². The summed E-state index contributed by atoms with van der Waals surface area (Å²) in [6, 6.07) is 6.25. The third-order valence-electron chi connectivity index (χ3n) is 4.36. The molecule has 0 saturated carbocycles. The van der Waals surface area contributed by atoms with Crippen LogP contribution in [0.3, 0.4) is 0 Å². The van der Waals surface area contributed by atoms with Gasteiger partial charge in [-0.25, -0.2) is 9.78 Å². The monoisotopic (exact) mass is 304 g/mol. The molecule has 2 aliphatic heterocycles. The normalized spacial score (nSPS) is 28.7. The Morgan fingerprint density at radius 1 is 1.36 bits per heavy atom. The van der Waals surface area contributed by atoms with Crippen LogP contribution in [0.1, 0.15) is 20.3 Å². The van der Waals surface area contributed by atoms with Crippen LogP contribution < -0.4 is 10.2 Å². The molecule has 22 heavy (non-hydrogen) atoms. The Hall–Kier alpha value is -1.82. The molecule has 0 bridgehead atoms. The molecule has 1 aromatic heterocycles. The number of hydrogen-bond acceptors (Lipinski definition) is 4. The SMILES string of the molecule is C[C@@H]1CN(C(=O)N[C@@H]2CCN(c3ccccn3)C2)[C@@H](C)CO1. The van der Waals surface area contributed by atoms with E-state index in [1.807, 2.05) is 36.9 Å². The van der Waals surface area contributed by atoms with Gasteiger partial charge in [0.15, 0.2) is 0 Å². The van der Waals surface area contributed by atoms with E-state index in [1.165, 1.54) is 0 Å². The molecular weight excluding hydrogens is 280 g/mol. The molecule has 0 aliphatic carbocycles. The number of pyridine rings is 1. The molecule has 2 aliphatic rings. The van der Waals surface area contributed by atoms with Crippen LogP contribution in [-0.4, -0.2) is 60.3 Å². The number of carbonyl (C=O) groups is 1. The number of morpholine rings is 1. The highest BCUT2D eigenvalue weighted by Gasteiger charge is 2.31. The maximum atomic E-state index is 12.5. The summed E-state index contributed by atoms with van der Waals surface area (Å²) >= 11 is 0. The molecule has 0 radical (unpaired) electrons. The van der Waals surface area contributed by atoms with Crippen molar-refractivity contribution in [2.45, 2.75) is 38.5 Å². The van der Waals surface area contributed by atoms with Crippen LogP contribution in [0.15, 0.2) is 24.4 Å². The lowest BCUT2D eigenvalue weighted by molar-refractivity contribution is -0.0320. The van der Waals surface area contributed by atoms with Gasteiger partial charge in [-0.3, -0.25) is 0 Å². The Labute approximate surface area is 131 Å². The molecule has 1 aromatic rings. The van der Waals surface area contributed by atoms with Crippen LogP contribution in [0.5, 0.6) is 0 Å². The van der Waals surface area contributed by atoms with E-state index in [2.05, 4.69) is 15.2 Å². The fraction of sp³-hybridized carbons (Fsp3) is 0.625. The van der Waals surface area contributed by atoms with E-state index in [0.717, 1.165) is 25.3 Å². The molecular formula is C16H24N4O2. The molecule has 3 atom stereocenters. The second-order valence-corrected chi connectivity index (χ2v) is 6.21. The number of nitrogens with one attached hydrogen (secondary N) is 1. The number of carbonyl (C=O) groups excluding carboxylic acids is 1. The Morgan fingerprint density at radius 2 is 2.23 bits per heavy atom. The van der Waals surface area contributed by atoms with E-state index in [4.69, 9.17) is 4.74 Å². The zero-order valence-electron chi connectivity index (χ0n) is 13.2. The Balaban J connectivity index is 1.54. The van der Waals surface area contributed by atoms with Gasteiger partial charge in [-0.05, 0) is 32.4 Å². The van der Waals surface area contributed by atoms with E-state index < -0.39 is 0 Å². The highest BCUT2D eigenvalue weighted by Crippen LogP contribution is 2.18. The molecule has 6 heteroatoms. The third-order valence-corrected chi connectivity index (χ3v) is 4.36. The van der Waals surface area contributed by atoms with Crippen molar-refractivity contribution in [3.05, 3.63) is 24.4 Å². The standard InChI is InChI=1S/C16H24N4O2/c1-12-11-22-13(2)9-20(12)16(21)18-14-6-8-19(10-14)15-5-3-4-7-17-15/h3-5,7,12-14H,6,8-11H2,1-2H3,(H,18,21)/t12-,13+,14+/m0/s1. The van der Waals surface area contributed by atoms with Crippen molar-refractivity contribution < 1.29 is 9.53 Å². The first-order chi connectivity index (χ1) is 10.6. The Kier molecular flexibility index (Phi) is 4.47. The van der Waals surface area contributed by atoms with Gasteiger partial charge < -0.3 is 19.9 Å². The molecule has 2 amide bonds. The highest BCUT2D eigenvalue weighted by atomic mass is 16.5. The molecule has 1 N–H and O–H groups in total. The van der Waals surface area contributed by atoms with Crippen LogP contribution in [-0.2, 0) is 4.74 Å². The van der Waals surface area contributed by atoms with E-state index >= 15 is 0 Å². The Morgan fingerprint density at radius 3 is 3.00 bits per heavy atom. The summed E-state index contributed by atoms with van der Waals surface area (Å²) in [7, 11) is 0. The van der Waals surface area contributed by atoms with Crippen LogP contribution in [0.4, 0.5) is 10.6 Å². The van der Waals surface area contributed by atoms with Gasteiger partial charge in [-0.15, -0.1) is 0 Å². The van der Waals surface area contributed by atoms with Crippen LogP contribution in [0.2, 0.25) is 0 Å². The van der Waals surface area contributed by atoms with Gasteiger partial charge in [0.05, 0.1) is 18.8 Å². The first-order valence-electron chi connectivity index (χ1n) is 7.98. The van der Waals surface area contributed by atoms with Crippen molar-refractivity contribution in [2.75, 3.05) is 31.1 Å². The van der Waals surface area contributed by atoms with Crippen molar-refractivity contribution >= 4 is 11.8 Å². The smallest absolute Gasteiger partial charge is 0.318 e. The van der Waals surface area contributed by atoms with Crippen molar-refractivity contribution in [1.82, 2.24) is 15.2 Å². The fourth-order valence-corrected chi connectivity index (χ4v) is 3.07. The average molecular weight is 304 g/mol. The third kappa shape index (κ3) is 3.32. The number of amides is 2. The van der Waals surface area contributed by atoms with Gasteiger partial charge in [0.2, 0.25) is 0 Å². The predicted molar refractivity (Wildman–Crippen MR) is 85.0 cm³/mol. The van der Waals surface area contributed by atoms with Crippen molar-refractivity contribution in [2.24, 2.45) is 0 Å². The molecule has 0 spiro atoms. The van der Waals surface area contributed by atoms with Gasteiger partial charge in [0.1, 0.15) is 5.82 Å². The molecule has 3 heterocycles. The number of rotatable bonds is 2. The maximum Gasteiger partial charge on any atom is 0.318 e. The average Bonchev–Trinajstić information content (AvgIpc) is 2.99. The highest BCUT2D eigenvalue weighted by molar-refractivity contribution is 5.75. The number of urea groups is 1. The maximum absolute atomic E-state index is 12.5. The second kappa shape index (κ2) is 6.52. The van der Waals surface area contributed by atoms with Gasteiger partial charge in [0.25, 0.3) is 0 Å². The summed E-state index contributed by atoms with van der Waals surface area (Å²) in [5.41, 5.74) is 0. The lowest BCUT2D eigenvalue weighted by Gasteiger charge is -2.37. The van der Waals surface area contributed by atoms with Crippen LogP contribution in [0.25, 0.3) is 0 Å². The molecule has 0 unspecified atom stereocenters. The minimum absolute atomic E-state index is 0.0236. The summed E-state index contributed by atoms with van der Waals surface area (Å²) in [6.07, 6.45) is 2.87. The van der Waals surface area contributed by atoms with E-state index in [9.17, 15) is 4.79 Å². The van der Waals surface area contributed by atoms with E-state index in [-0.39, 0.29) is 24.2 Å². The predicted octanol–water partition coefficient (Wildman–Crippen LogP) is 1.48. The summed E-state index contributed by atoms with van der Waals surface area (Å²) in [4.78, 5) is 21.0. The molecule has 6 nitrogen and oxygen atoms in total. The minimum Gasteiger partial charge on any atom is -0.375 e. The topological polar surface area (TPSA) is 57.7 Å². The number of nitrogens with zero attached hydrogens (tertiary/aromatic N) is 3. The lowest BCUT2D eigenvalue weighted by atomic mass is 10.2. The zero-order chi connectivity index (χ0) is 15.5. The van der Waals surface area contributed by atoms with Crippen molar-refractivity contribution in [1.29, 1.82) is 0 Å². The molecule has 0 aromatic carbocycles. The van der Waals surface area contributed by atoms with Gasteiger partial charge in [-0.1, -0.05) is 6.07 Å². The summed E-state index contributed by atoms with van der Waals surface area (Å²) in [5.74, 6) is 0.979. The van der Waals surface area contributed by atoms with Crippen LogP contribution in [0, 0.1) is 0 Å². The largest absolute Gasteiger partial charge is 0.375 e. The summed E-state index contributed by atoms with van der Waals surface area (Å²) in [6.45, 7) is 7.04. The van der Waals surface area contributed by atoms with Crippen molar-refractivity contribution in [3.63, 3.8) is 0 Å². The van der Waals surface area contributed by atoms with Gasteiger partial charge >= 0.3 is 6.03 Å². The van der Waals surface area contributed by atoms with Gasteiger partial charge in [0, 0.05) is 31.9 Å². The van der Waals surface area contributed by atoms with E-state index in [1.54, 1.807) is 6.20 Å². The first kappa shape index (κ1) is 15.1. The lowest BCUT2D eigenvalue weighted by Crippen LogP contribution is -2.55. The number of ether oxygens (including phenoxy) is 1. The molecule has 3 rings (SSSR count). The zero-order valence-corrected chi connectivity index (χ0v) is 13.2. The second-order valence-electron chi connectivity index (χ2n) is 6.21. The number of hydrogen-bond donors (Lipinski definition) is 1. The Bertz CT molecular complexity index is 510. The fourth-order valence-electron chi connectivity index (χ4n) is 3.07. The number of anilines is 1. The first-order valence-corrected chi connectivity index (χ1v) is 7.98. The molecule has 2 fully saturated rings. The van der Waals surface area contributed by atoms with Crippen molar-refractivity contribution in [3.8, 4) is 0 Å². The number of aromatic nitrogens is 1. The molecule has 120 valence electrons. The van der Waals surface area contributed by atoms with Crippen LogP contribution >= 0.6 is 0 Å². The molecule has 2 saturated heterocycles. The summed E-state index contributed by atoms with van der Waals surface area (Å²) < 4.78 is 5.58. The summed E-state index contributed by atoms with van der Waals surface area (Å²) in [5, 5.41) is 3.16. The minimum atomic E-state index is 0.0236. The quantitative estimate of drug-likeness (QED) is 0.899. The van der Waals surface area contributed by atoms with Gasteiger partial charge in [-0.2, -0.15) is 0 Å².